The molecule has 1 atom stereocenters. The number of primary amides is 1. The van der Waals surface area contributed by atoms with Gasteiger partial charge in [0.1, 0.15) is 17.5 Å². The summed E-state index contributed by atoms with van der Waals surface area (Å²) in [7, 11) is 0. The maximum absolute atomic E-state index is 13.3. The number of rotatable bonds is 9. The average Bonchev–Trinajstić information content (AvgIpc) is 3.57. The van der Waals surface area contributed by atoms with E-state index in [0.29, 0.717) is 36.0 Å². The van der Waals surface area contributed by atoms with Gasteiger partial charge in [0, 0.05) is 37.9 Å². The monoisotopic (exact) mass is 520 g/mol. The number of amides is 3. The molecule has 1 aliphatic rings. The Morgan fingerprint density at radius 1 is 1.38 bits per heavy atom. The highest BCUT2D eigenvalue weighted by Crippen LogP contribution is 2.24. The lowest BCUT2D eigenvalue weighted by atomic mass is 9.98. The second-order valence-corrected chi connectivity index (χ2v) is 10.2. The lowest BCUT2D eigenvalue weighted by molar-refractivity contribution is 0.0979. The van der Waals surface area contributed by atoms with E-state index in [0.717, 1.165) is 49.2 Å². The summed E-state index contributed by atoms with van der Waals surface area (Å²) in [5.74, 6) is -0.121. The number of hydrogen-bond donors (Lipinski definition) is 3. The minimum absolute atomic E-state index is 0.0664. The van der Waals surface area contributed by atoms with Crippen molar-refractivity contribution in [3.63, 3.8) is 0 Å². The topological polar surface area (TPSA) is 144 Å². The molecule has 4 N–H and O–H groups in total. The largest absolute Gasteiger partial charge is 0.366 e. The summed E-state index contributed by atoms with van der Waals surface area (Å²) in [4.78, 5) is 33.9. The van der Waals surface area contributed by atoms with Gasteiger partial charge in [0.05, 0.1) is 17.5 Å². The molecular formula is C26H32N8O2S. The molecule has 3 aromatic rings. The van der Waals surface area contributed by atoms with Gasteiger partial charge in [-0.25, -0.2) is 4.79 Å². The number of hydrogen-bond acceptors (Lipinski definition) is 7. The minimum atomic E-state index is -0.435. The molecule has 0 unspecified atom stereocenters. The molecule has 3 aromatic heterocycles. The Morgan fingerprint density at radius 3 is 2.84 bits per heavy atom. The smallest absolute Gasteiger partial charge is 0.323 e. The number of urea groups is 1. The predicted octanol–water partition coefficient (Wildman–Crippen LogP) is 3.67. The number of nitrogens with one attached hydrogen (secondary N) is 2. The summed E-state index contributed by atoms with van der Waals surface area (Å²) in [5, 5.41) is 22.7. The maximum Gasteiger partial charge on any atom is 0.323 e. The van der Waals surface area contributed by atoms with Crippen LogP contribution < -0.4 is 11.1 Å². The number of nitriles is 1. The van der Waals surface area contributed by atoms with Gasteiger partial charge in [-0.2, -0.15) is 21.7 Å². The second kappa shape index (κ2) is 12.0. The highest BCUT2D eigenvalue weighted by molar-refractivity contribution is 7.07. The molecule has 194 valence electrons. The van der Waals surface area contributed by atoms with Crippen LogP contribution in [-0.4, -0.2) is 62.1 Å². The number of anilines is 1. The number of pyridine rings is 1. The fraction of sp³-hybridized carbons (Fsp3) is 0.423. The van der Waals surface area contributed by atoms with Crippen LogP contribution in [0.5, 0.6) is 0 Å². The van der Waals surface area contributed by atoms with Gasteiger partial charge in [0.2, 0.25) is 0 Å². The van der Waals surface area contributed by atoms with Crippen LogP contribution in [0.4, 0.5) is 10.6 Å². The summed E-state index contributed by atoms with van der Waals surface area (Å²) >= 11 is 1.60. The van der Waals surface area contributed by atoms with Crippen molar-refractivity contribution in [2.75, 3.05) is 18.4 Å². The number of likely N-dealkylation sites (tertiary alicyclic amines) is 1. The number of piperidine rings is 1. The number of aryl methyl sites for hydroxylation is 2. The molecule has 0 aliphatic carbocycles. The summed E-state index contributed by atoms with van der Waals surface area (Å²) in [6.07, 6.45) is 6.34. The Morgan fingerprint density at radius 2 is 2.16 bits per heavy atom. The van der Waals surface area contributed by atoms with E-state index in [1.165, 1.54) is 6.20 Å². The lowest BCUT2D eigenvalue weighted by Gasteiger charge is -2.40. The first-order valence-electron chi connectivity index (χ1n) is 12.4. The Bertz CT molecular complexity index is 1260. The second-order valence-electron chi connectivity index (χ2n) is 9.43. The van der Waals surface area contributed by atoms with Gasteiger partial charge in [0.25, 0.3) is 5.91 Å². The first-order chi connectivity index (χ1) is 17.9. The highest BCUT2D eigenvalue weighted by atomic mass is 32.1. The third-order valence-corrected chi connectivity index (χ3v) is 7.76. The van der Waals surface area contributed by atoms with E-state index in [2.05, 4.69) is 32.3 Å². The first kappa shape index (κ1) is 26.3. The Kier molecular flexibility index (Phi) is 8.53. The van der Waals surface area contributed by atoms with Crippen LogP contribution in [0.3, 0.4) is 0 Å². The standard InChI is InChI=1S/C26H32N8O2S/c1-17-5-9-29-22(23(17)24(28)35)4-3-18(2)33-10-6-21(7-11-33)34(15-19-8-12-37-16-19)26(36)31-25-20(13-27)14-30-32-25/h5,8-9,12,14,16,18,21H,3-4,6-7,10-11,15H2,1-2H3,(H2,28,35)(H2,30,31,32,36)/t18-/m1/s1. The highest BCUT2D eigenvalue weighted by Gasteiger charge is 2.30. The Labute approximate surface area is 220 Å². The molecule has 4 rings (SSSR count). The molecule has 0 radical (unpaired) electrons. The van der Waals surface area contributed by atoms with Gasteiger partial charge in [-0.3, -0.25) is 20.2 Å². The van der Waals surface area contributed by atoms with Crippen molar-refractivity contribution < 1.29 is 9.59 Å². The molecule has 0 saturated carbocycles. The number of aromatic nitrogens is 3. The molecule has 0 aromatic carbocycles. The average molecular weight is 521 g/mol. The van der Waals surface area contributed by atoms with E-state index >= 15 is 0 Å². The molecule has 0 bridgehead atoms. The van der Waals surface area contributed by atoms with Crippen molar-refractivity contribution in [2.24, 2.45) is 5.73 Å². The maximum atomic E-state index is 13.3. The van der Waals surface area contributed by atoms with Gasteiger partial charge >= 0.3 is 6.03 Å². The van der Waals surface area contributed by atoms with E-state index in [1.54, 1.807) is 17.5 Å². The molecule has 1 fully saturated rings. The molecule has 3 amide bonds. The Balaban J connectivity index is 1.37. The van der Waals surface area contributed by atoms with E-state index in [-0.39, 0.29) is 12.1 Å². The van der Waals surface area contributed by atoms with Crippen LogP contribution in [0.15, 0.2) is 35.3 Å². The van der Waals surface area contributed by atoms with E-state index in [4.69, 9.17) is 5.73 Å². The van der Waals surface area contributed by atoms with Crippen LogP contribution in [-0.2, 0) is 13.0 Å². The van der Waals surface area contributed by atoms with Gasteiger partial charge < -0.3 is 15.5 Å². The molecule has 11 heteroatoms. The fourth-order valence-electron chi connectivity index (χ4n) is 4.90. The lowest BCUT2D eigenvalue weighted by Crippen LogP contribution is -2.50. The zero-order valence-electron chi connectivity index (χ0n) is 21.1. The summed E-state index contributed by atoms with van der Waals surface area (Å²) < 4.78 is 0. The molecule has 10 nitrogen and oxygen atoms in total. The summed E-state index contributed by atoms with van der Waals surface area (Å²) in [6, 6.07) is 5.99. The zero-order valence-corrected chi connectivity index (χ0v) is 21.9. The molecule has 0 spiro atoms. The van der Waals surface area contributed by atoms with E-state index in [9.17, 15) is 14.9 Å². The van der Waals surface area contributed by atoms with Crippen LogP contribution in [0.1, 0.15) is 58.9 Å². The number of carbonyl (C=O) groups excluding carboxylic acids is 2. The van der Waals surface area contributed by atoms with Crippen molar-refractivity contribution in [1.29, 1.82) is 5.26 Å². The summed E-state index contributed by atoms with van der Waals surface area (Å²) in [5.41, 5.74) is 9.11. The number of H-pyrrole nitrogens is 1. The SMILES string of the molecule is Cc1ccnc(CC[C@@H](C)N2CCC(N(Cc3ccsc3)C(=O)Nc3[nH]ncc3C#N)CC2)c1C(N)=O. The number of carbonyl (C=O) groups is 2. The molecule has 37 heavy (non-hydrogen) atoms. The van der Waals surface area contributed by atoms with E-state index in [1.807, 2.05) is 40.8 Å². The third-order valence-electron chi connectivity index (χ3n) is 7.03. The van der Waals surface area contributed by atoms with Crippen molar-refractivity contribution in [3.05, 3.63) is 63.2 Å². The normalized spacial score (nSPS) is 15.2. The number of nitrogens with two attached hydrogens (primary N) is 1. The van der Waals surface area contributed by atoms with Crippen molar-refractivity contribution in [2.45, 2.75) is 58.2 Å². The van der Waals surface area contributed by atoms with Gasteiger partial charge in [-0.05, 0) is 73.6 Å². The number of thiophene rings is 1. The fourth-order valence-corrected chi connectivity index (χ4v) is 5.56. The number of nitrogens with zero attached hydrogens (tertiary/aromatic N) is 5. The van der Waals surface area contributed by atoms with Crippen LogP contribution in [0, 0.1) is 18.3 Å². The molecule has 1 saturated heterocycles. The Hall–Kier alpha value is -3.75. The van der Waals surface area contributed by atoms with Crippen molar-refractivity contribution in [1.82, 2.24) is 25.0 Å². The van der Waals surface area contributed by atoms with Crippen LogP contribution >= 0.6 is 11.3 Å². The third kappa shape index (κ3) is 6.34. The van der Waals surface area contributed by atoms with Gasteiger partial charge in [0.15, 0.2) is 0 Å². The van der Waals surface area contributed by atoms with Crippen LogP contribution in [0.25, 0.3) is 0 Å². The quantitative estimate of drug-likeness (QED) is 0.393. The van der Waals surface area contributed by atoms with Crippen molar-refractivity contribution >= 4 is 29.1 Å². The molecule has 4 heterocycles. The first-order valence-corrected chi connectivity index (χ1v) is 13.3. The molecule has 1 aliphatic heterocycles. The number of aromatic amines is 1. The predicted molar refractivity (Wildman–Crippen MR) is 142 cm³/mol. The zero-order chi connectivity index (χ0) is 26.4. The van der Waals surface area contributed by atoms with Crippen LogP contribution in [0.2, 0.25) is 0 Å². The van der Waals surface area contributed by atoms with Gasteiger partial charge in [-0.15, -0.1) is 0 Å². The minimum Gasteiger partial charge on any atom is -0.366 e. The summed E-state index contributed by atoms with van der Waals surface area (Å²) in [6.45, 7) is 6.29. The van der Waals surface area contributed by atoms with Gasteiger partial charge in [-0.1, -0.05) is 0 Å². The van der Waals surface area contributed by atoms with E-state index < -0.39 is 5.91 Å². The molecular weight excluding hydrogens is 488 g/mol. The van der Waals surface area contributed by atoms with Crippen molar-refractivity contribution in [3.8, 4) is 6.07 Å².